The number of aryl methyl sites for hydroxylation is 1. The van der Waals surface area contributed by atoms with Gasteiger partial charge in [-0.05, 0) is 76.4 Å². The summed E-state index contributed by atoms with van der Waals surface area (Å²) < 4.78 is 46.8. The first-order chi connectivity index (χ1) is 16.5. The van der Waals surface area contributed by atoms with Crippen molar-refractivity contribution in [1.29, 1.82) is 0 Å². The summed E-state index contributed by atoms with van der Waals surface area (Å²) in [6, 6.07) is 8.21. The number of halogens is 3. The van der Waals surface area contributed by atoms with Gasteiger partial charge in [-0.25, -0.2) is 0 Å². The maximum absolute atomic E-state index is 13.5. The van der Waals surface area contributed by atoms with Crippen molar-refractivity contribution in [2.75, 3.05) is 13.1 Å². The Labute approximate surface area is 203 Å². The molecule has 1 aliphatic heterocycles. The van der Waals surface area contributed by atoms with Crippen molar-refractivity contribution < 1.29 is 27.5 Å². The van der Waals surface area contributed by atoms with Crippen molar-refractivity contribution in [1.82, 2.24) is 9.47 Å². The molecule has 0 N–H and O–H groups in total. The third kappa shape index (κ3) is 5.31. The van der Waals surface area contributed by atoms with Gasteiger partial charge in [0.25, 0.3) is 11.7 Å². The normalized spacial score (nSPS) is 18.6. The largest absolute Gasteiger partial charge is 0.491 e. The Balaban J connectivity index is 1.60. The van der Waals surface area contributed by atoms with E-state index in [0.29, 0.717) is 43.7 Å². The van der Waals surface area contributed by atoms with Crippen LogP contribution in [0.25, 0.3) is 0 Å². The number of hydrogen-bond acceptors (Lipinski definition) is 3. The lowest BCUT2D eigenvalue weighted by molar-refractivity contribution is -0.0890. The first-order valence-corrected chi connectivity index (χ1v) is 12.0. The fraction of sp³-hybridized carbons (Fsp3) is 0.481. The van der Waals surface area contributed by atoms with Crippen molar-refractivity contribution >= 4 is 11.7 Å². The maximum Gasteiger partial charge on any atom is 0.456 e. The van der Waals surface area contributed by atoms with Crippen LogP contribution in [0.2, 0.25) is 0 Å². The van der Waals surface area contributed by atoms with Crippen LogP contribution in [0.3, 0.4) is 0 Å². The fourth-order valence-corrected chi connectivity index (χ4v) is 4.99. The van der Waals surface area contributed by atoms with E-state index in [1.165, 1.54) is 21.8 Å². The number of aromatic nitrogens is 1. The van der Waals surface area contributed by atoms with Crippen molar-refractivity contribution in [3.8, 4) is 5.75 Å². The Morgan fingerprint density at radius 2 is 1.77 bits per heavy atom. The van der Waals surface area contributed by atoms with Gasteiger partial charge in [-0.3, -0.25) is 9.59 Å². The predicted octanol–water partition coefficient (Wildman–Crippen LogP) is 5.75. The Hall–Kier alpha value is -3.03. The van der Waals surface area contributed by atoms with E-state index in [1.807, 2.05) is 33.8 Å². The molecule has 1 unspecified atom stereocenters. The summed E-state index contributed by atoms with van der Waals surface area (Å²) in [4.78, 5) is 27.3. The Bertz CT molecular complexity index is 1180. The van der Waals surface area contributed by atoms with Gasteiger partial charge in [0.05, 0.1) is 11.8 Å². The molecule has 0 saturated heterocycles. The van der Waals surface area contributed by atoms with Crippen molar-refractivity contribution in [2.24, 2.45) is 5.92 Å². The van der Waals surface area contributed by atoms with E-state index >= 15 is 0 Å². The first-order valence-electron chi connectivity index (χ1n) is 12.0. The second-order valence-electron chi connectivity index (χ2n) is 9.68. The molecule has 2 aromatic rings. The molecule has 188 valence electrons. The molecule has 1 aliphatic carbocycles. The number of hydrogen-bond donors (Lipinski definition) is 0. The summed E-state index contributed by atoms with van der Waals surface area (Å²) in [5, 5.41) is 0. The van der Waals surface area contributed by atoms with E-state index < -0.39 is 12.0 Å². The number of ether oxygens (including phenoxy) is 1. The molecular formula is C27H31F3N2O3. The number of nitrogens with zero attached hydrogens (tertiary/aromatic N) is 2. The van der Waals surface area contributed by atoms with Crippen LogP contribution in [0.1, 0.15) is 65.7 Å². The van der Waals surface area contributed by atoms with Crippen LogP contribution in [0.5, 0.6) is 5.75 Å². The molecule has 1 atom stereocenters. The summed E-state index contributed by atoms with van der Waals surface area (Å²) in [5.41, 5.74) is 4.17. The highest BCUT2D eigenvalue weighted by Gasteiger charge is 2.41. The highest BCUT2D eigenvalue weighted by Crippen LogP contribution is 2.44. The van der Waals surface area contributed by atoms with Gasteiger partial charge in [0.1, 0.15) is 5.75 Å². The molecule has 2 aliphatic rings. The molecule has 35 heavy (non-hydrogen) atoms. The third-order valence-electron chi connectivity index (χ3n) is 6.93. The molecule has 0 radical (unpaired) electrons. The van der Waals surface area contributed by atoms with E-state index in [4.69, 9.17) is 4.74 Å². The van der Waals surface area contributed by atoms with Crippen LogP contribution in [-0.2, 0) is 13.0 Å². The number of ketones is 1. The van der Waals surface area contributed by atoms with Crippen LogP contribution in [-0.4, -0.2) is 46.5 Å². The smallest absolute Gasteiger partial charge is 0.456 e. The molecule has 0 spiro atoms. The molecule has 2 heterocycles. The third-order valence-corrected chi connectivity index (χ3v) is 6.93. The number of rotatable bonds is 4. The highest BCUT2D eigenvalue weighted by atomic mass is 19.4. The van der Waals surface area contributed by atoms with E-state index in [-0.39, 0.29) is 23.6 Å². The van der Waals surface area contributed by atoms with E-state index in [0.717, 1.165) is 17.7 Å². The minimum absolute atomic E-state index is 0.0232. The quantitative estimate of drug-likeness (QED) is 0.407. The fourth-order valence-electron chi connectivity index (χ4n) is 4.99. The SMILES string of the molecule is CC1=C2CCn3c(ccc3C(=O)C(F)(F)F)CCN(C(=O)c3ccc(OC(C)C)c(C)c3)CCC12. The van der Waals surface area contributed by atoms with E-state index in [2.05, 4.69) is 0 Å². The minimum atomic E-state index is -4.93. The number of benzene rings is 1. The number of amides is 1. The number of alkyl halides is 3. The lowest BCUT2D eigenvalue weighted by Gasteiger charge is -2.24. The Kier molecular flexibility index (Phi) is 6.84. The van der Waals surface area contributed by atoms with Gasteiger partial charge < -0.3 is 14.2 Å². The summed E-state index contributed by atoms with van der Waals surface area (Å²) >= 11 is 0. The molecule has 1 aromatic heterocycles. The van der Waals surface area contributed by atoms with Crippen LogP contribution in [0.4, 0.5) is 13.2 Å². The predicted molar refractivity (Wildman–Crippen MR) is 127 cm³/mol. The standard InChI is InChI=1S/C27H31F3N2O3/c1-16(2)35-24-8-5-19(15-17(24)3)26(34)31-12-9-20-6-7-23(25(33)27(28,29)30)32(20)14-11-22-18(4)21(22)10-13-31/h5-8,15-16,21H,9-14H2,1-4H3. The van der Waals surface area contributed by atoms with Crippen LogP contribution < -0.4 is 4.74 Å². The maximum atomic E-state index is 13.5. The summed E-state index contributed by atoms with van der Waals surface area (Å²) in [7, 11) is 0. The van der Waals surface area contributed by atoms with Crippen molar-refractivity contribution in [3.05, 3.63) is 64.0 Å². The minimum Gasteiger partial charge on any atom is -0.491 e. The summed E-state index contributed by atoms with van der Waals surface area (Å²) in [6.45, 7) is 9.06. The molecule has 0 saturated carbocycles. The van der Waals surface area contributed by atoms with Crippen molar-refractivity contribution in [3.63, 3.8) is 0 Å². The highest BCUT2D eigenvalue weighted by molar-refractivity contribution is 5.99. The number of carbonyl (C=O) groups excluding carboxylic acids is 2. The van der Waals surface area contributed by atoms with Crippen LogP contribution in [0, 0.1) is 12.8 Å². The monoisotopic (exact) mass is 488 g/mol. The van der Waals surface area contributed by atoms with E-state index in [1.54, 1.807) is 23.1 Å². The molecular weight excluding hydrogens is 457 g/mol. The number of allylic oxidation sites excluding steroid dienone is 2. The van der Waals surface area contributed by atoms with Gasteiger partial charge in [-0.15, -0.1) is 0 Å². The number of fused-ring (bicyclic) bond motifs is 2. The zero-order valence-electron chi connectivity index (χ0n) is 20.5. The average molecular weight is 489 g/mol. The lowest BCUT2D eigenvalue weighted by atomic mass is 10.1. The molecule has 8 heteroatoms. The Morgan fingerprint density at radius 3 is 2.43 bits per heavy atom. The summed E-state index contributed by atoms with van der Waals surface area (Å²) in [6.07, 6.45) is -3.13. The number of Topliss-reactive ketones (excluding diaryl/α,β-unsaturated/α-hetero) is 1. The molecule has 0 fully saturated rings. The van der Waals surface area contributed by atoms with Gasteiger partial charge in [0.2, 0.25) is 0 Å². The van der Waals surface area contributed by atoms with Gasteiger partial charge >= 0.3 is 6.18 Å². The zero-order chi connectivity index (χ0) is 25.5. The molecule has 1 amide bonds. The Morgan fingerprint density at radius 1 is 1.03 bits per heavy atom. The van der Waals surface area contributed by atoms with Gasteiger partial charge in [-0.2, -0.15) is 13.2 Å². The summed E-state index contributed by atoms with van der Waals surface area (Å²) in [5.74, 6) is -0.944. The van der Waals surface area contributed by atoms with Crippen LogP contribution >= 0.6 is 0 Å². The molecule has 1 aromatic carbocycles. The molecule has 0 bridgehead atoms. The van der Waals surface area contributed by atoms with Crippen LogP contribution in [0.15, 0.2) is 41.5 Å². The van der Waals surface area contributed by atoms with E-state index in [9.17, 15) is 22.8 Å². The second-order valence-corrected chi connectivity index (χ2v) is 9.68. The van der Waals surface area contributed by atoms with Gasteiger partial charge in [-0.1, -0.05) is 11.1 Å². The lowest BCUT2D eigenvalue weighted by Crippen LogP contribution is -2.34. The topological polar surface area (TPSA) is 51.5 Å². The number of carbonyl (C=O) groups is 2. The first kappa shape index (κ1) is 25.1. The average Bonchev–Trinajstić information content (AvgIpc) is 3.21. The zero-order valence-corrected chi connectivity index (χ0v) is 20.5. The van der Waals surface area contributed by atoms with Gasteiger partial charge in [0, 0.05) is 43.2 Å². The second kappa shape index (κ2) is 9.55. The van der Waals surface area contributed by atoms with Crippen molar-refractivity contribution in [2.45, 2.75) is 65.8 Å². The molecule has 4 rings (SSSR count). The molecule has 5 nitrogen and oxygen atoms in total. The van der Waals surface area contributed by atoms with Gasteiger partial charge in [0.15, 0.2) is 0 Å².